The lowest BCUT2D eigenvalue weighted by Crippen LogP contribution is -2.46. The number of hydrogen-bond donors (Lipinski definition) is 4. The van der Waals surface area contributed by atoms with Gasteiger partial charge in [0.2, 0.25) is 10.0 Å². The summed E-state index contributed by atoms with van der Waals surface area (Å²) in [7, 11) is -4.50. The van der Waals surface area contributed by atoms with E-state index in [9.17, 15) is 31.2 Å². The van der Waals surface area contributed by atoms with Gasteiger partial charge < -0.3 is 15.8 Å². The Morgan fingerprint density at radius 3 is 2.41 bits per heavy atom. The van der Waals surface area contributed by atoms with E-state index in [-0.39, 0.29) is 16.2 Å². The quantitative estimate of drug-likeness (QED) is 0.205. The van der Waals surface area contributed by atoms with Crippen molar-refractivity contribution in [3.8, 4) is 0 Å². The Morgan fingerprint density at radius 2 is 1.88 bits per heavy atom. The molecule has 0 aliphatic rings. The smallest absolute Gasteiger partial charge is 0.385 e. The first-order chi connectivity index (χ1) is 14.6. The normalized spacial score (nSPS) is 13.1. The fourth-order valence-corrected chi connectivity index (χ4v) is 4.06. The second-order valence-electron chi connectivity index (χ2n) is 6.75. The average Bonchev–Trinajstić information content (AvgIpc) is 2.66. The monoisotopic (exact) mass is 495 g/mol. The van der Waals surface area contributed by atoms with Crippen LogP contribution in [0.1, 0.15) is 13.8 Å². The van der Waals surface area contributed by atoms with Crippen molar-refractivity contribution in [3.63, 3.8) is 0 Å². The Bertz CT molecular complexity index is 1190. The summed E-state index contributed by atoms with van der Waals surface area (Å²) in [5, 5.41) is 10.4. The first-order valence-electron chi connectivity index (χ1n) is 8.68. The number of carbonyl (C=O) groups is 2. The minimum Gasteiger partial charge on any atom is -0.385 e. The lowest BCUT2D eigenvalue weighted by atomic mass is 10.1. The summed E-state index contributed by atoms with van der Waals surface area (Å²) >= 11 is 6.06. The SMILES string of the molecule is CC(C)[C@H](NS(=O)(=O)c1ccc2c(Cl)cnc(NC(=N)N)c2c1)C(=O)OC(=O)C(F)(F)F. The minimum atomic E-state index is -5.43. The molecule has 0 saturated carbocycles. The summed E-state index contributed by atoms with van der Waals surface area (Å²) < 4.78 is 68.5. The second-order valence-corrected chi connectivity index (χ2v) is 8.87. The topological polar surface area (TPSA) is 164 Å². The molecule has 0 aliphatic heterocycles. The fraction of sp³-hybridized carbons (Fsp3) is 0.294. The van der Waals surface area contributed by atoms with Gasteiger partial charge in [-0.1, -0.05) is 31.5 Å². The number of ether oxygens (including phenoxy) is 1. The molecule has 1 aromatic heterocycles. The Balaban J connectivity index is 2.43. The number of alkyl halides is 3. The lowest BCUT2D eigenvalue weighted by Gasteiger charge is -2.20. The lowest BCUT2D eigenvalue weighted by molar-refractivity contribution is -0.202. The van der Waals surface area contributed by atoms with E-state index in [0.29, 0.717) is 5.39 Å². The number of anilines is 1. The molecule has 32 heavy (non-hydrogen) atoms. The third-order valence-electron chi connectivity index (χ3n) is 4.00. The summed E-state index contributed by atoms with van der Waals surface area (Å²) in [6.45, 7) is 2.68. The number of carbonyl (C=O) groups excluding carboxylic acids is 2. The van der Waals surface area contributed by atoms with E-state index in [1.54, 1.807) is 0 Å². The summed E-state index contributed by atoms with van der Waals surface area (Å²) in [6, 6.07) is 1.78. The van der Waals surface area contributed by atoms with Crippen LogP contribution in [0.2, 0.25) is 5.02 Å². The van der Waals surface area contributed by atoms with Gasteiger partial charge in [0.15, 0.2) is 5.96 Å². The van der Waals surface area contributed by atoms with Gasteiger partial charge in [0.1, 0.15) is 11.9 Å². The number of nitrogens with zero attached hydrogens (tertiary/aromatic N) is 1. The van der Waals surface area contributed by atoms with E-state index < -0.39 is 51.0 Å². The van der Waals surface area contributed by atoms with Crippen molar-refractivity contribution < 1.29 is 35.9 Å². The fourth-order valence-electron chi connectivity index (χ4n) is 2.49. The molecule has 2 aromatic rings. The molecule has 0 spiro atoms. The van der Waals surface area contributed by atoms with Gasteiger partial charge in [-0.2, -0.15) is 17.9 Å². The summed E-state index contributed by atoms with van der Waals surface area (Å²) in [6.07, 6.45) is -4.18. The predicted octanol–water partition coefficient (Wildman–Crippen LogP) is 2.13. The van der Waals surface area contributed by atoms with E-state index in [0.717, 1.165) is 12.1 Å². The molecule has 0 fully saturated rings. The van der Waals surface area contributed by atoms with Crippen LogP contribution in [0.4, 0.5) is 19.0 Å². The maximum Gasteiger partial charge on any atom is 0.491 e. The first kappa shape index (κ1) is 25.3. The van der Waals surface area contributed by atoms with Crippen LogP contribution in [-0.4, -0.2) is 43.5 Å². The highest BCUT2D eigenvalue weighted by atomic mass is 35.5. The number of aromatic nitrogens is 1. The standard InChI is InChI=1S/C17H17ClF3N5O5S/c1-7(2)12(14(27)31-15(28)17(19,20)21)26-32(29,30)8-3-4-9-10(5-8)13(25-16(22)23)24-6-11(9)18/h3-7,12,26H,1-2H3,(H4,22,23,24,25)/t12-/m0/s1. The molecule has 5 N–H and O–H groups in total. The number of nitrogens with one attached hydrogen (secondary N) is 3. The van der Waals surface area contributed by atoms with Crippen molar-refractivity contribution in [3.05, 3.63) is 29.4 Å². The number of esters is 2. The molecule has 174 valence electrons. The van der Waals surface area contributed by atoms with Crippen LogP contribution in [0.25, 0.3) is 10.8 Å². The molecule has 0 unspecified atom stereocenters. The number of guanidine groups is 1. The van der Waals surface area contributed by atoms with Crippen molar-refractivity contribution in [2.24, 2.45) is 11.7 Å². The molecule has 0 radical (unpaired) electrons. The zero-order valence-electron chi connectivity index (χ0n) is 16.5. The maximum absolute atomic E-state index is 12.8. The van der Waals surface area contributed by atoms with Gasteiger partial charge in [-0.05, 0) is 18.1 Å². The van der Waals surface area contributed by atoms with Crippen molar-refractivity contribution >= 4 is 56.1 Å². The second kappa shape index (κ2) is 9.26. The van der Waals surface area contributed by atoms with Crippen molar-refractivity contribution in [1.82, 2.24) is 9.71 Å². The minimum absolute atomic E-state index is 0.0181. The summed E-state index contributed by atoms with van der Waals surface area (Å²) in [5.74, 6) is -5.81. The van der Waals surface area contributed by atoms with Crippen molar-refractivity contribution in [2.75, 3.05) is 5.32 Å². The molecular formula is C17H17ClF3N5O5S. The third kappa shape index (κ3) is 5.83. The molecule has 15 heteroatoms. The Labute approximate surface area is 184 Å². The third-order valence-corrected chi connectivity index (χ3v) is 5.74. The zero-order valence-corrected chi connectivity index (χ0v) is 18.0. The van der Waals surface area contributed by atoms with E-state index in [1.807, 2.05) is 4.72 Å². The van der Waals surface area contributed by atoms with Gasteiger partial charge in [0.05, 0.1) is 9.92 Å². The maximum atomic E-state index is 12.8. The number of hydrogen-bond acceptors (Lipinski definition) is 7. The Morgan fingerprint density at radius 1 is 1.25 bits per heavy atom. The summed E-state index contributed by atoms with van der Waals surface area (Å²) in [5.41, 5.74) is 5.29. The molecule has 2 rings (SSSR count). The van der Waals surface area contributed by atoms with E-state index >= 15 is 0 Å². The number of rotatable bonds is 6. The average molecular weight is 496 g/mol. The highest BCUT2D eigenvalue weighted by molar-refractivity contribution is 7.89. The number of pyridine rings is 1. The number of sulfonamides is 1. The molecular weight excluding hydrogens is 479 g/mol. The molecule has 1 atom stereocenters. The van der Waals surface area contributed by atoms with Crippen LogP contribution in [-0.2, 0) is 24.3 Å². The molecule has 0 aliphatic carbocycles. The van der Waals surface area contributed by atoms with Crippen LogP contribution in [0.3, 0.4) is 0 Å². The molecule has 1 aromatic carbocycles. The molecule has 1 heterocycles. The number of fused-ring (bicyclic) bond motifs is 1. The van der Waals surface area contributed by atoms with Crippen LogP contribution in [0.5, 0.6) is 0 Å². The van der Waals surface area contributed by atoms with E-state index in [2.05, 4.69) is 15.0 Å². The van der Waals surface area contributed by atoms with E-state index in [1.165, 1.54) is 26.1 Å². The largest absolute Gasteiger partial charge is 0.491 e. The molecule has 0 amide bonds. The molecule has 10 nitrogen and oxygen atoms in total. The first-order valence-corrected chi connectivity index (χ1v) is 10.5. The van der Waals surface area contributed by atoms with Crippen molar-refractivity contribution in [1.29, 1.82) is 5.41 Å². The van der Waals surface area contributed by atoms with Crippen LogP contribution < -0.4 is 15.8 Å². The van der Waals surface area contributed by atoms with Gasteiger partial charge in [0, 0.05) is 17.0 Å². The van der Waals surface area contributed by atoms with Crippen LogP contribution in [0.15, 0.2) is 29.3 Å². The van der Waals surface area contributed by atoms with Gasteiger partial charge >= 0.3 is 18.1 Å². The zero-order chi connectivity index (χ0) is 24.4. The van der Waals surface area contributed by atoms with Gasteiger partial charge in [-0.3, -0.25) is 5.41 Å². The predicted molar refractivity (Wildman–Crippen MR) is 108 cm³/mol. The number of halogens is 4. The van der Waals surface area contributed by atoms with E-state index in [4.69, 9.17) is 22.7 Å². The van der Waals surface area contributed by atoms with Crippen LogP contribution in [0, 0.1) is 11.3 Å². The molecule has 0 bridgehead atoms. The van der Waals surface area contributed by atoms with Gasteiger partial charge in [-0.15, -0.1) is 0 Å². The Kier molecular flexibility index (Phi) is 7.32. The van der Waals surface area contributed by atoms with Crippen molar-refractivity contribution in [2.45, 2.75) is 31.0 Å². The van der Waals surface area contributed by atoms with Gasteiger partial charge in [0.25, 0.3) is 0 Å². The Hall–Kier alpha value is -2.97. The van der Waals surface area contributed by atoms with Gasteiger partial charge in [-0.25, -0.2) is 23.0 Å². The van der Waals surface area contributed by atoms with Crippen LogP contribution >= 0.6 is 11.6 Å². The highest BCUT2D eigenvalue weighted by Gasteiger charge is 2.44. The number of benzene rings is 1. The highest BCUT2D eigenvalue weighted by Crippen LogP contribution is 2.30. The number of nitrogens with two attached hydrogens (primary N) is 1. The summed E-state index contributed by atoms with van der Waals surface area (Å²) in [4.78, 5) is 26.5. The molecule has 0 saturated heterocycles.